The number of halogens is 2. The highest BCUT2D eigenvalue weighted by atomic mass is 35.5. The van der Waals surface area contributed by atoms with Gasteiger partial charge in [-0.25, -0.2) is 0 Å². The van der Waals surface area contributed by atoms with E-state index in [2.05, 4.69) is 49.5 Å². The number of hydrogen-bond acceptors (Lipinski definition) is 1. The van der Waals surface area contributed by atoms with Crippen molar-refractivity contribution in [3.05, 3.63) is 74.8 Å². The molecular formula is C20H19Cl2N. The van der Waals surface area contributed by atoms with E-state index in [4.69, 9.17) is 23.2 Å². The first-order valence-electron chi connectivity index (χ1n) is 8.04. The molecule has 4 rings (SSSR count). The molecule has 1 heterocycles. The molecule has 23 heavy (non-hydrogen) atoms. The van der Waals surface area contributed by atoms with Crippen molar-refractivity contribution in [2.24, 2.45) is 5.92 Å². The van der Waals surface area contributed by atoms with Gasteiger partial charge in [-0.1, -0.05) is 53.6 Å². The van der Waals surface area contributed by atoms with Crippen LogP contribution in [-0.2, 0) is 0 Å². The molecule has 2 aromatic rings. The molecule has 3 heteroatoms. The predicted octanol–water partition coefficient (Wildman–Crippen LogP) is 6.44. The van der Waals surface area contributed by atoms with Gasteiger partial charge in [0.05, 0.1) is 6.04 Å². The van der Waals surface area contributed by atoms with Crippen molar-refractivity contribution in [1.29, 1.82) is 0 Å². The van der Waals surface area contributed by atoms with Gasteiger partial charge >= 0.3 is 0 Å². The molecule has 2 aliphatic rings. The molecule has 0 spiro atoms. The number of benzene rings is 2. The van der Waals surface area contributed by atoms with Gasteiger partial charge in [-0.2, -0.15) is 0 Å². The van der Waals surface area contributed by atoms with Crippen LogP contribution in [0.5, 0.6) is 0 Å². The minimum atomic E-state index is 0.216. The van der Waals surface area contributed by atoms with Crippen LogP contribution in [0.15, 0.2) is 42.5 Å². The summed E-state index contributed by atoms with van der Waals surface area (Å²) < 4.78 is 0. The fourth-order valence-corrected chi connectivity index (χ4v) is 4.63. The van der Waals surface area contributed by atoms with Gasteiger partial charge in [-0.15, -0.1) is 0 Å². The lowest BCUT2D eigenvalue weighted by atomic mass is 9.75. The molecule has 0 fully saturated rings. The molecule has 1 aliphatic heterocycles. The zero-order valence-corrected chi connectivity index (χ0v) is 14.7. The normalized spacial score (nSPS) is 25.0. The van der Waals surface area contributed by atoms with Crippen LogP contribution in [0.4, 0.5) is 5.69 Å². The number of hydrogen-bond donors (Lipinski definition) is 1. The van der Waals surface area contributed by atoms with Gasteiger partial charge in [0.15, 0.2) is 0 Å². The smallest absolute Gasteiger partial charge is 0.0568 e. The zero-order chi connectivity index (χ0) is 16.1. The molecule has 0 radical (unpaired) electrons. The predicted molar refractivity (Wildman–Crippen MR) is 98.7 cm³/mol. The average Bonchev–Trinajstić information content (AvgIpc) is 3.00. The van der Waals surface area contributed by atoms with Gasteiger partial charge in [-0.05, 0) is 60.6 Å². The van der Waals surface area contributed by atoms with E-state index < -0.39 is 0 Å². The Morgan fingerprint density at radius 2 is 1.83 bits per heavy atom. The lowest BCUT2D eigenvalue weighted by Gasteiger charge is -2.39. The van der Waals surface area contributed by atoms with Crippen LogP contribution in [0.1, 0.15) is 40.6 Å². The van der Waals surface area contributed by atoms with E-state index in [1.54, 1.807) is 0 Å². The van der Waals surface area contributed by atoms with Crippen LogP contribution in [-0.4, -0.2) is 0 Å². The van der Waals surface area contributed by atoms with Crippen LogP contribution >= 0.6 is 23.2 Å². The van der Waals surface area contributed by atoms with Crippen molar-refractivity contribution in [3.8, 4) is 0 Å². The summed E-state index contributed by atoms with van der Waals surface area (Å²) in [6.07, 6.45) is 5.76. The molecule has 118 valence electrons. The topological polar surface area (TPSA) is 12.0 Å². The molecule has 0 aromatic heterocycles. The van der Waals surface area contributed by atoms with Crippen molar-refractivity contribution >= 4 is 28.9 Å². The van der Waals surface area contributed by atoms with E-state index >= 15 is 0 Å². The second kappa shape index (κ2) is 5.58. The van der Waals surface area contributed by atoms with Crippen molar-refractivity contribution in [2.75, 3.05) is 5.32 Å². The Labute approximate surface area is 147 Å². The maximum absolute atomic E-state index is 6.51. The van der Waals surface area contributed by atoms with Gasteiger partial charge in [0, 0.05) is 21.7 Å². The molecule has 0 saturated carbocycles. The zero-order valence-electron chi connectivity index (χ0n) is 13.2. The highest BCUT2D eigenvalue weighted by Gasteiger charge is 2.39. The molecule has 3 atom stereocenters. The van der Waals surface area contributed by atoms with E-state index in [0.717, 1.165) is 17.0 Å². The molecule has 0 unspecified atom stereocenters. The monoisotopic (exact) mass is 343 g/mol. The van der Waals surface area contributed by atoms with Crippen LogP contribution < -0.4 is 5.32 Å². The van der Waals surface area contributed by atoms with Crippen molar-refractivity contribution in [2.45, 2.75) is 32.2 Å². The van der Waals surface area contributed by atoms with Crippen molar-refractivity contribution in [1.82, 2.24) is 0 Å². The van der Waals surface area contributed by atoms with E-state index in [9.17, 15) is 0 Å². The van der Waals surface area contributed by atoms with Crippen LogP contribution in [0.2, 0.25) is 10.0 Å². The molecule has 0 saturated heterocycles. The van der Waals surface area contributed by atoms with E-state index in [1.165, 1.54) is 22.4 Å². The Kier molecular flexibility index (Phi) is 3.66. The third-order valence-electron chi connectivity index (χ3n) is 5.24. The molecule has 1 nitrogen and oxygen atoms in total. The van der Waals surface area contributed by atoms with Gasteiger partial charge in [-0.3, -0.25) is 0 Å². The summed E-state index contributed by atoms with van der Waals surface area (Å²) in [7, 11) is 0. The highest BCUT2D eigenvalue weighted by molar-refractivity contribution is 6.35. The molecule has 0 bridgehead atoms. The third-order valence-corrected chi connectivity index (χ3v) is 5.81. The van der Waals surface area contributed by atoms with Gasteiger partial charge < -0.3 is 5.32 Å². The summed E-state index contributed by atoms with van der Waals surface area (Å²) in [6.45, 7) is 4.38. The first-order valence-corrected chi connectivity index (χ1v) is 8.80. The number of anilines is 1. The lowest BCUT2D eigenvalue weighted by Crippen LogP contribution is -2.30. The maximum atomic E-state index is 6.51. The third kappa shape index (κ3) is 2.38. The highest BCUT2D eigenvalue weighted by Crippen LogP contribution is 2.52. The largest absolute Gasteiger partial charge is 0.377 e. The van der Waals surface area contributed by atoms with Gasteiger partial charge in [0.2, 0.25) is 0 Å². The lowest BCUT2D eigenvalue weighted by molar-refractivity contribution is 0.424. The molecule has 0 amide bonds. The van der Waals surface area contributed by atoms with Crippen LogP contribution in [0.25, 0.3) is 0 Å². The van der Waals surface area contributed by atoms with Crippen molar-refractivity contribution in [3.63, 3.8) is 0 Å². The Morgan fingerprint density at radius 3 is 2.61 bits per heavy atom. The number of nitrogens with one attached hydrogen (secondary N) is 1. The van der Waals surface area contributed by atoms with E-state index in [1.807, 2.05) is 12.1 Å². The standard InChI is InChI=1S/C20H19Cl2N/c1-11-6-7-12(2)19-18(11)14-4-3-5-15(14)20(23-19)16-9-8-13(21)10-17(16)22/h3-4,6-10,14-15,20,23H,5H2,1-2H3/t14-,15-,20-/m0/s1. The maximum Gasteiger partial charge on any atom is 0.0568 e. The summed E-state index contributed by atoms with van der Waals surface area (Å²) in [5, 5.41) is 5.21. The van der Waals surface area contributed by atoms with Crippen LogP contribution in [0.3, 0.4) is 0 Å². The summed E-state index contributed by atoms with van der Waals surface area (Å²) in [5.74, 6) is 0.963. The van der Waals surface area contributed by atoms with E-state index in [0.29, 0.717) is 16.9 Å². The summed E-state index contributed by atoms with van der Waals surface area (Å²) >= 11 is 12.6. The van der Waals surface area contributed by atoms with E-state index in [-0.39, 0.29) is 6.04 Å². The minimum absolute atomic E-state index is 0.216. The quantitative estimate of drug-likeness (QED) is 0.587. The minimum Gasteiger partial charge on any atom is -0.377 e. The number of rotatable bonds is 1. The van der Waals surface area contributed by atoms with Crippen molar-refractivity contribution < 1.29 is 0 Å². The van der Waals surface area contributed by atoms with Gasteiger partial charge in [0.25, 0.3) is 0 Å². The fourth-order valence-electron chi connectivity index (χ4n) is 4.10. The second-order valence-electron chi connectivity index (χ2n) is 6.63. The molecule has 1 N–H and O–H groups in total. The summed E-state index contributed by atoms with van der Waals surface area (Å²) in [6, 6.07) is 10.5. The Bertz CT molecular complexity index is 810. The second-order valence-corrected chi connectivity index (χ2v) is 7.47. The molecule has 2 aromatic carbocycles. The summed E-state index contributed by atoms with van der Waals surface area (Å²) in [4.78, 5) is 0. The summed E-state index contributed by atoms with van der Waals surface area (Å²) in [5.41, 5.74) is 6.51. The number of allylic oxidation sites excluding steroid dienone is 2. The first-order chi connectivity index (χ1) is 11.1. The Morgan fingerprint density at radius 1 is 1.04 bits per heavy atom. The fraction of sp³-hybridized carbons (Fsp3) is 0.300. The Hall–Kier alpha value is -1.44. The SMILES string of the molecule is Cc1ccc(C)c2c1N[C@H](c1ccc(Cl)cc1Cl)[C@H]1CC=C[C@H]21. The van der Waals surface area contributed by atoms with Gasteiger partial charge in [0.1, 0.15) is 0 Å². The Balaban J connectivity index is 1.86. The number of aryl methyl sites for hydroxylation is 2. The molecule has 1 aliphatic carbocycles. The molecular weight excluding hydrogens is 325 g/mol. The number of fused-ring (bicyclic) bond motifs is 3. The van der Waals surface area contributed by atoms with Crippen LogP contribution in [0, 0.1) is 19.8 Å². The average molecular weight is 344 g/mol. The first kappa shape index (κ1) is 15.1.